The van der Waals surface area contributed by atoms with Crippen LogP contribution in [-0.2, 0) is 6.54 Å². The van der Waals surface area contributed by atoms with Crippen molar-refractivity contribution in [3.8, 4) is 6.07 Å². The second-order valence-electron chi connectivity index (χ2n) is 5.51. The summed E-state index contributed by atoms with van der Waals surface area (Å²) < 4.78 is 16.7. The molecule has 1 aliphatic rings. The predicted octanol–water partition coefficient (Wildman–Crippen LogP) is 1.60. The summed E-state index contributed by atoms with van der Waals surface area (Å²) in [4.78, 5) is 6.73. The fraction of sp³-hybridized carbons (Fsp3) is 0.267. The molecule has 4 heterocycles. The van der Waals surface area contributed by atoms with Gasteiger partial charge in [-0.3, -0.25) is 9.58 Å². The van der Waals surface area contributed by atoms with Gasteiger partial charge in [0.2, 0.25) is 0 Å². The zero-order valence-electron chi connectivity index (χ0n) is 11.7. The zero-order valence-corrected chi connectivity index (χ0v) is 11.7. The van der Waals surface area contributed by atoms with Crippen LogP contribution in [0.25, 0.3) is 5.65 Å². The van der Waals surface area contributed by atoms with Crippen LogP contribution >= 0.6 is 0 Å². The Labute approximate surface area is 126 Å². The lowest BCUT2D eigenvalue weighted by molar-refractivity contribution is 0.0897. The van der Waals surface area contributed by atoms with Crippen LogP contribution < -0.4 is 0 Å². The van der Waals surface area contributed by atoms with Gasteiger partial charge in [0.05, 0.1) is 23.5 Å². The first kappa shape index (κ1) is 13.0. The van der Waals surface area contributed by atoms with Crippen LogP contribution in [0.15, 0.2) is 36.9 Å². The number of fused-ring (bicyclic) bond motifs is 1. The van der Waals surface area contributed by atoms with Crippen LogP contribution in [0.3, 0.4) is 0 Å². The number of pyridine rings is 1. The van der Waals surface area contributed by atoms with E-state index in [0.29, 0.717) is 11.6 Å². The van der Waals surface area contributed by atoms with Crippen LogP contribution in [-0.4, -0.2) is 37.2 Å². The number of aromatic nitrogens is 4. The van der Waals surface area contributed by atoms with Crippen LogP contribution in [0.1, 0.15) is 17.3 Å². The summed E-state index contributed by atoms with van der Waals surface area (Å²) in [6.07, 6.45) is 6.64. The van der Waals surface area contributed by atoms with Crippen molar-refractivity contribution in [2.75, 3.05) is 13.1 Å². The third kappa shape index (κ3) is 2.23. The molecule has 110 valence electrons. The molecule has 0 saturated carbocycles. The number of hydrogen-bond acceptors (Lipinski definition) is 4. The normalized spacial score (nSPS) is 15.8. The van der Waals surface area contributed by atoms with Crippen molar-refractivity contribution in [1.29, 1.82) is 5.26 Å². The second-order valence-corrected chi connectivity index (χ2v) is 5.51. The maximum Gasteiger partial charge on any atom is 0.139 e. The first-order valence-corrected chi connectivity index (χ1v) is 7.01. The van der Waals surface area contributed by atoms with Gasteiger partial charge in [0.15, 0.2) is 0 Å². The molecule has 22 heavy (non-hydrogen) atoms. The average molecular weight is 296 g/mol. The quantitative estimate of drug-likeness (QED) is 0.736. The van der Waals surface area contributed by atoms with Gasteiger partial charge in [-0.25, -0.2) is 9.37 Å². The van der Waals surface area contributed by atoms with E-state index >= 15 is 0 Å². The molecular weight excluding hydrogens is 283 g/mol. The molecule has 7 heteroatoms. The third-order valence-electron chi connectivity index (χ3n) is 3.89. The summed E-state index contributed by atoms with van der Waals surface area (Å²) in [6, 6.07) is 5.47. The molecule has 3 aromatic heterocycles. The number of imidazole rings is 1. The Hall–Kier alpha value is -2.72. The summed E-state index contributed by atoms with van der Waals surface area (Å²) in [6.45, 7) is 2.47. The van der Waals surface area contributed by atoms with Crippen molar-refractivity contribution < 1.29 is 4.39 Å². The van der Waals surface area contributed by atoms with Gasteiger partial charge in [-0.2, -0.15) is 10.4 Å². The van der Waals surface area contributed by atoms with Crippen molar-refractivity contribution in [3.05, 3.63) is 54.0 Å². The van der Waals surface area contributed by atoms with Gasteiger partial charge >= 0.3 is 0 Å². The van der Waals surface area contributed by atoms with Crippen LogP contribution in [0, 0.1) is 17.1 Å². The molecule has 1 aliphatic heterocycles. The highest BCUT2D eigenvalue weighted by Crippen LogP contribution is 2.22. The van der Waals surface area contributed by atoms with Gasteiger partial charge in [-0.05, 0) is 12.1 Å². The van der Waals surface area contributed by atoms with Crippen molar-refractivity contribution in [1.82, 2.24) is 24.1 Å². The van der Waals surface area contributed by atoms with E-state index in [0.717, 1.165) is 31.0 Å². The minimum Gasteiger partial charge on any atom is -0.304 e. The van der Waals surface area contributed by atoms with Crippen molar-refractivity contribution in [2.24, 2.45) is 0 Å². The van der Waals surface area contributed by atoms with Gasteiger partial charge in [-0.15, -0.1) is 0 Å². The number of halogens is 1. The molecule has 0 N–H and O–H groups in total. The van der Waals surface area contributed by atoms with E-state index in [9.17, 15) is 4.39 Å². The number of likely N-dealkylation sites (tertiary alicyclic amines) is 1. The molecule has 4 rings (SSSR count). The molecule has 0 atom stereocenters. The highest BCUT2D eigenvalue weighted by molar-refractivity contribution is 5.39. The van der Waals surface area contributed by atoms with Crippen molar-refractivity contribution in [2.45, 2.75) is 12.6 Å². The summed E-state index contributed by atoms with van der Waals surface area (Å²) >= 11 is 0. The van der Waals surface area contributed by atoms with E-state index in [-0.39, 0.29) is 5.82 Å². The van der Waals surface area contributed by atoms with Crippen molar-refractivity contribution >= 4 is 5.65 Å². The lowest BCUT2D eigenvalue weighted by atomic mass is 10.1. The Bertz CT molecular complexity index is 868. The molecule has 1 fully saturated rings. The van der Waals surface area contributed by atoms with E-state index in [2.05, 4.69) is 21.1 Å². The molecule has 0 radical (unpaired) electrons. The summed E-state index contributed by atoms with van der Waals surface area (Å²) in [5.41, 5.74) is 2.25. The molecule has 0 bridgehead atoms. The van der Waals surface area contributed by atoms with Gasteiger partial charge in [0.25, 0.3) is 0 Å². The van der Waals surface area contributed by atoms with Crippen LogP contribution in [0.2, 0.25) is 0 Å². The molecule has 6 nitrogen and oxygen atoms in total. The first-order valence-electron chi connectivity index (χ1n) is 7.01. The Balaban J connectivity index is 1.41. The standard InChI is InChI=1S/C15H13FN6/c16-12-1-2-15-19-13(8-21(15)6-12)7-20-9-14(10-20)22-5-11(3-17)4-18-22/h1-2,4-6,8,14H,7,9-10H2. The Kier molecular flexibility index (Phi) is 2.91. The number of nitriles is 1. The van der Waals surface area contributed by atoms with Gasteiger partial charge in [-0.1, -0.05) is 0 Å². The first-order chi connectivity index (χ1) is 10.7. The molecule has 0 spiro atoms. The summed E-state index contributed by atoms with van der Waals surface area (Å²) in [5.74, 6) is -0.271. The fourth-order valence-electron chi connectivity index (χ4n) is 2.76. The Morgan fingerprint density at radius 1 is 1.27 bits per heavy atom. The van der Waals surface area contributed by atoms with Crippen molar-refractivity contribution in [3.63, 3.8) is 0 Å². The monoisotopic (exact) mass is 296 g/mol. The number of nitrogens with zero attached hydrogens (tertiary/aromatic N) is 6. The smallest absolute Gasteiger partial charge is 0.139 e. The molecule has 0 unspecified atom stereocenters. The lowest BCUT2D eigenvalue weighted by Gasteiger charge is -2.38. The Morgan fingerprint density at radius 2 is 2.14 bits per heavy atom. The molecule has 0 aromatic carbocycles. The number of hydrogen-bond donors (Lipinski definition) is 0. The largest absolute Gasteiger partial charge is 0.304 e. The highest BCUT2D eigenvalue weighted by atomic mass is 19.1. The SMILES string of the molecule is N#Cc1cnn(C2CN(Cc3cn4cc(F)ccc4n3)C2)c1. The van der Waals surface area contributed by atoms with Gasteiger partial charge in [0, 0.05) is 38.2 Å². The number of rotatable bonds is 3. The van der Waals surface area contributed by atoms with Gasteiger partial charge < -0.3 is 4.40 Å². The van der Waals surface area contributed by atoms with Gasteiger partial charge in [0.1, 0.15) is 17.5 Å². The lowest BCUT2D eigenvalue weighted by Crippen LogP contribution is -2.47. The topological polar surface area (TPSA) is 62.2 Å². The minimum absolute atomic E-state index is 0.271. The summed E-state index contributed by atoms with van der Waals surface area (Å²) in [7, 11) is 0. The molecule has 0 amide bonds. The predicted molar refractivity (Wildman–Crippen MR) is 76.4 cm³/mol. The molecular formula is C15H13FN6. The molecule has 1 saturated heterocycles. The second kappa shape index (κ2) is 4.93. The van der Waals surface area contributed by atoms with E-state index in [4.69, 9.17) is 5.26 Å². The van der Waals surface area contributed by atoms with Crippen LogP contribution in [0.5, 0.6) is 0 Å². The highest BCUT2D eigenvalue weighted by Gasteiger charge is 2.29. The van der Waals surface area contributed by atoms with Crippen LogP contribution in [0.4, 0.5) is 4.39 Å². The third-order valence-corrected chi connectivity index (χ3v) is 3.89. The average Bonchev–Trinajstić information content (AvgIpc) is 3.07. The summed E-state index contributed by atoms with van der Waals surface area (Å²) in [5, 5.41) is 13.0. The maximum absolute atomic E-state index is 13.2. The van der Waals surface area contributed by atoms with E-state index in [1.54, 1.807) is 22.9 Å². The molecule has 3 aromatic rings. The Morgan fingerprint density at radius 3 is 2.91 bits per heavy atom. The van der Waals surface area contributed by atoms with E-state index in [1.165, 1.54) is 12.3 Å². The van der Waals surface area contributed by atoms with E-state index in [1.807, 2.05) is 10.9 Å². The maximum atomic E-state index is 13.2. The minimum atomic E-state index is -0.271. The zero-order chi connectivity index (χ0) is 15.1. The molecule has 0 aliphatic carbocycles. The van der Waals surface area contributed by atoms with E-state index < -0.39 is 0 Å². The fourth-order valence-corrected chi connectivity index (χ4v) is 2.76.